The van der Waals surface area contributed by atoms with Crippen LogP contribution in [-0.2, 0) is 17.8 Å². The SMILES string of the molecule is Cc1cccc(N2C[C@@H](C)N(Cc3ccc(CCN)cc3)CC2=O)c1. The number of rotatable bonds is 5. The highest BCUT2D eigenvalue weighted by Crippen LogP contribution is 2.22. The van der Waals surface area contributed by atoms with Crippen molar-refractivity contribution in [1.82, 2.24) is 4.90 Å². The molecule has 2 aromatic rings. The molecular weight excluding hydrogens is 310 g/mol. The van der Waals surface area contributed by atoms with Gasteiger partial charge in [0.25, 0.3) is 0 Å². The molecule has 1 saturated heterocycles. The molecule has 1 aliphatic rings. The van der Waals surface area contributed by atoms with Crippen LogP contribution in [0, 0.1) is 6.92 Å². The number of benzene rings is 2. The summed E-state index contributed by atoms with van der Waals surface area (Å²) in [6.07, 6.45) is 0.907. The van der Waals surface area contributed by atoms with E-state index in [0.29, 0.717) is 19.1 Å². The zero-order chi connectivity index (χ0) is 17.8. The first-order valence-corrected chi connectivity index (χ1v) is 8.96. The van der Waals surface area contributed by atoms with Crippen LogP contribution in [0.3, 0.4) is 0 Å². The van der Waals surface area contributed by atoms with Crippen LogP contribution in [0.5, 0.6) is 0 Å². The van der Waals surface area contributed by atoms with E-state index >= 15 is 0 Å². The fourth-order valence-electron chi connectivity index (χ4n) is 3.37. The van der Waals surface area contributed by atoms with Gasteiger partial charge in [0.1, 0.15) is 0 Å². The lowest BCUT2D eigenvalue weighted by Crippen LogP contribution is -2.54. The van der Waals surface area contributed by atoms with E-state index in [4.69, 9.17) is 5.73 Å². The van der Waals surface area contributed by atoms with E-state index in [2.05, 4.69) is 55.1 Å². The van der Waals surface area contributed by atoms with Crippen LogP contribution >= 0.6 is 0 Å². The highest BCUT2D eigenvalue weighted by atomic mass is 16.2. The minimum absolute atomic E-state index is 0.170. The van der Waals surface area contributed by atoms with Crippen molar-refractivity contribution in [3.63, 3.8) is 0 Å². The van der Waals surface area contributed by atoms with Gasteiger partial charge in [-0.05, 0) is 55.6 Å². The summed E-state index contributed by atoms with van der Waals surface area (Å²) < 4.78 is 0. The molecule has 0 bridgehead atoms. The number of piperazine rings is 1. The van der Waals surface area contributed by atoms with Crippen LogP contribution in [0.25, 0.3) is 0 Å². The first-order valence-electron chi connectivity index (χ1n) is 8.96. The molecule has 3 rings (SSSR count). The van der Waals surface area contributed by atoms with Crippen molar-refractivity contribution in [2.75, 3.05) is 24.5 Å². The van der Waals surface area contributed by atoms with Gasteiger partial charge in [-0.15, -0.1) is 0 Å². The fraction of sp³-hybridized carbons (Fsp3) is 0.381. The van der Waals surface area contributed by atoms with E-state index in [-0.39, 0.29) is 5.91 Å². The monoisotopic (exact) mass is 337 g/mol. The van der Waals surface area contributed by atoms with Gasteiger partial charge in [-0.2, -0.15) is 0 Å². The molecule has 0 saturated carbocycles. The molecule has 0 spiro atoms. The predicted octanol–water partition coefficient (Wildman–Crippen LogP) is 2.73. The maximum Gasteiger partial charge on any atom is 0.241 e. The molecule has 0 aliphatic carbocycles. The van der Waals surface area contributed by atoms with Crippen molar-refractivity contribution in [2.45, 2.75) is 32.9 Å². The molecule has 25 heavy (non-hydrogen) atoms. The van der Waals surface area contributed by atoms with Crippen molar-refractivity contribution in [3.8, 4) is 0 Å². The van der Waals surface area contributed by atoms with Gasteiger partial charge >= 0.3 is 0 Å². The third-order valence-electron chi connectivity index (χ3n) is 4.86. The molecule has 0 unspecified atom stereocenters. The Hall–Kier alpha value is -2.17. The molecule has 4 nitrogen and oxygen atoms in total. The first kappa shape index (κ1) is 17.6. The van der Waals surface area contributed by atoms with E-state index in [0.717, 1.165) is 25.2 Å². The van der Waals surface area contributed by atoms with E-state index in [9.17, 15) is 4.79 Å². The third-order valence-corrected chi connectivity index (χ3v) is 4.86. The number of anilines is 1. The lowest BCUT2D eigenvalue weighted by molar-refractivity contribution is -0.122. The van der Waals surface area contributed by atoms with Crippen molar-refractivity contribution in [3.05, 3.63) is 65.2 Å². The fourth-order valence-corrected chi connectivity index (χ4v) is 3.37. The Morgan fingerprint density at radius 3 is 2.52 bits per heavy atom. The largest absolute Gasteiger partial charge is 0.330 e. The molecule has 1 atom stereocenters. The predicted molar refractivity (Wildman–Crippen MR) is 103 cm³/mol. The second kappa shape index (κ2) is 7.81. The number of aryl methyl sites for hydroxylation is 1. The number of nitrogens with zero attached hydrogens (tertiary/aromatic N) is 2. The van der Waals surface area contributed by atoms with Crippen LogP contribution < -0.4 is 10.6 Å². The van der Waals surface area contributed by atoms with Crippen LogP contribution in [-0.4, -0.2) is 36.5 Å². The van der Waals surface area contributed by atoms with Gasteiger partial charge in [0.05, 0.1) is 6.54 Å². The topological polar surface area (TPSA) is 49.6 Å². The molecule has 0 radical (unpaired) electrons. The second-order valence-electron chi connectivity index (χ2n) is 6.95. The third kappa shape index (κ3) is 4.27. The Labute approximate surface area is 150 Å². The van der Waals surface area contributed by atoms with E-state index in [1.54, 1.807) is 0 Å². The van der Waals surface area contributed by atoms with Crippen molar-refractivity contribution < 1.29 is 4.79 Å². The zero-order valence-electron chi connectivity index (χ0n) is 15.1. The highest BCUT2D eigenvalue weighted by molar-refractivity contribution is 5.95. The Morgan fingerprint density at radius 2 is 1.84 bits per heavy atom. The minimum atomic E-state index is 0.170. The van der Waals surface area contributed by atoms with Crippen LogP contribution in [0.4, 0.5) is 5.69 Å². The van der Waals surface area contributed by atoms with Gasteiger partial charge in [0.2, 0.25) is 5.91 Å². The van der Waals surface area contributed by atoms with E-state index in [1.807, 2.05) is 17.0 Å². The summed E-state index contributed by atoms with van der Waals surface area (Å²) in [6.45, 7) is 6.91. The van der Waals surface area contributed by atoms with Gasteiger partial charge in [-0.3, -0.25) is 9.69 Å². The summed E-state index contributed by atoms with van der Waals surface area (Å²) in [5.74, 6) is 0.170. The Bertz CT molecular complexity index is 726. The number of hydrogen-bond acceptors (Lipinski definition) is 3. The second-order valence-corrected chi connectivity index (χ2v) is 6.95. The molecule has 2 aromatic carbocycles. The van der Waals surface area contributed by atoms with E-state index < -0.39 is 0 Å². The molecule has 4 heteroatoms. The normalized spacial score (nSPS) is 18.6. The summed E-state index contributed by atoms with van der Waals surface area (Å²) in [5.41, 5.74) is 10.3. The molecule has 2 N–H and O–H groups in total. The molecule has 1 amide bonds. The van der Waals surface area contributed by atoms with Crippen molar-refractivity contribution >= 4 is 11.6 Å². The minimum Gasteiger partial charge on any atom is -0.330 e. The highest BCUT2D eigenvalue weighted by Gasteiger charge is 2.30. The maximum atomic E-state index is 12.7. The molecule has 1 fully saturated rings. The van der Waals surface area contributed by atoms with Crippen molar-refractivity contribution in [1.29, 1.82) is 0 Å². The molecular formula is C21H27N3O. The number of nitrogens with two attached hydrogens (primary N) is 1. The Kier molecular flexibility index (Phi) is 5.51. The number of hydrogen-bond donors (Lipinski definition) is 1. The van der Waals surface area contributed by atoms with E-state index in [1.165, 1.54) is 16.7 Å². The number of carbonyl (C=O) groups excluding carboxylic acids is 1. The molecule has 132 valence electrons. The summed E-state index contributed by atoms with van der Waals surface area (Å²) in [5, 5.41) is 0. The van der Waals surface area contributed by atoms with Crippen LogP contribution in [0.1, 0.15) is 23.6 Å². The summed E-state index contributed by atoms with van der Waals surface area (Å²) in [4.78, 5) is 16.8. The lowest BCUT2D eigenvalue weighted by atomic mass is 10.1. The van der Waals surface area contributed by atoms with Gasteiger partial charge in [0, 0.05) is 24.8 Å². The molecule has 1 aliphatic heterocycles. The summed E-state index contributed by atoms with van der Waals surface area (Å²) >= 11 is 0. The average Bonchev–Trinajstić information content (AvgIpc) is 2.60. The van der Waals surface area contributed by atoms with Crippen molar-refractivity contribution in [2.24, 2.45) is 5.73 Å². The smallest absolute Gasteiger partial charge is 0.241 e. The summed E-state index contributed by atoms with van der Waals surface area (Å²) in [6, 6.07) is 17.1. The Balaban J connectivity index is 1.66. The Morgan fingerprint density at radius 1 is 1.12 bits per heavy atom. The number of amides is 1. The van der Waals surface area contributed by atoms with Gasteiger partial charge in [-0.25, -0.2) is 0 Å². The first-order chi connectivity index (χ1) is 12.1. The lowest BCUT2D eigenvalue weighted by Gasteiger charge is -2.39. The standard InChI is InChI=1S/C21H27N3O/c1-16-4-3-5-20(12-16)24-13-17(2)23(15-21(24)25)14-19-8-6-18(7-9-19)10-11-22/h3-9,12,17H,10-11,13-15,22H2,1-2H3/t17-/m1/s1. The quantitative estimate of drug-likeness (QED) is 0.913. The number of carbonyl (C=O) groups is 1. The molecule has 0 aromatic heterocycles. The van der Waals surface area contributed by atoms with Gasteiger partial charge in [0.15, 0.2) is 0 Å². The van der Waals surface area contributed by atoms with Crippen LogP contribution in [0.2, 0.25) is 0 Å². The maximum absolute atomic E-state index is 12.7. The summed E-state index contributed by atoms with van der Waals surface area (Å²) in [7, 11) is 0. The van der Waals surface area contributed by atoms with Gasteiger partial charge in [-0.1, -0.05) is 36.4 Å². The zero-order valence-corrected chi connectivity index (χ0v) is 15.1. The average molecular weight is 337 g/mol. The van der Waals surface area contributed by atoms with Gasteiger partial charge < -0.3 is 10.6 Å². The molecule has 1 heterocycles. The van der Waals surface area contributed by atoms with Crippen LogP contribution in [0.15, 0.2) is 48.5 Å².